The molecule has 1 aromatic carbocycles. The van der Waals surface area contributed by atoms with Gasteiger partial charge in [-0.05, 0) is 30.7 Å². The molecule has 1 heterocycles. The summed E-state index contributed by atoms with van der Waals surface area (Å²) >= 11 is 13.7. The van der Waals surface area contributed by atoms with Gasteiger partial charge in [-0.15, -0.1) is 11.3 Å². The van der Waals surface area contributed by atoms with Crippen molar-refractivity contribution in [3.05, 3.63) is 49.6 Å². The third kappa shape index (κ3) is 3.41. The van der Waals surface area contributed by atoms with Gasteiger partial charge < -0.3 is 11.1 Å². The molecule has 6 heteroatoms. The minimum Gasteiger partial charge on any atom is -0.379 e. The number of thiophene rings is 1. The fourth-order valence-corrected chi connectivity index (χ4v) is 2.83. The molecule has 0 radical (unpaired) electrons. The highest BCUT2D eigenvalue weighted by Crippen LogP contribution is 2.29. The van der Waals surface area contributed by atoms with Gasteiger partial charge in [-0.2, -0.15) is 0 Å². The molecule has 2 rings (SSSR count). The van der Waals surface area contributed by atoms with Crippen molar-refractivity contribution in [3.63, 3.8) is 0 Å². The molecule has 1 aromatic heterocycles. The molecule has 0 spiro atoms. The van der Waals surface area contributed by atoms with Crippen LogP contribution in [0, 0.1) is 6.92 Å². The Morgan fingerprint density at radius 1 is 1.32 bits per heavy atom. The Bertz CT molecular complexity index is 625. The Kier molecular flexibility index (Phi) is 4.34. The van der Waals surface area contributed by atoms with E-state index in [1.807, 2.05) is 13.0 Å². The number of halogens is 2. The van der Waals surface area contributed by atoms with Crippen LogP contribution in [-0.4, -0.2) is 5.91 Å². The van der Waals surface area contributed by atoms with Crippen LogP contribution in [-0.2, 0) is 6.54 Å². The van der Waals surface area contributed by atoms with E-state index in [0.29, 0.717) is 22.2 Å². The Hall–Kier alpha value is -1.23. The van der Waals surface area contributed by atoms with Gasteiger partial charge in [-0.1, -0.05) is 23.2 Å². The molecule has 0 aliphatic heterocycles. The van der Waals surface area contributed by atoms with Crippen LogP contribution in [0.15, 0.2) is 23.6 Å². The molecule has 19 heavy (non-hydrogen) atoms. The normalized spacial score (nSPS) is 10.5. The lowest BCUT2D eigenvalue weighted by Gasteiger charge is -2.09. The topological polar surface area (TPSA) is 55.1 Å². The summed E-state index contributed by atoms with van der Waals surface area (Å²) in [7, 11) is 0. The van der Waals surface area contributed by atoms with Crippen LogP contribution in [0.25, 0.3) is 0 Å². The van der Waals surface area contributed by atoms with E-state index in [2.05, 4.69) is 5.32 Å². The van der Waals surface area contributed by atoms with E-state index in [-0.39, 0.29) is 0 Å². The highest BCUT2D eigenvalue weighted by atomic mass is 35.5. The van der Waals surface area contributed by atoms with Gasteiger partial charge in [-0.3, -0.25) is 4.79 Å². The molecule has 0 aliphatic carbocycles. The van der Waals surface area contributed by atoms with E-state index in [9.17, 15) is 4.79 Å². The lowest BCUT2D eigenvalue weighted by molar-refractivity contribution is 0.100. The van der Waals surface area contributed by atoms with Crippen molar-refractivity contribution in [1.29, 1.82) is 0 Å². The molecule has 0 saturated carbocycles. The summed E-state index contributed by atoms with van der Waals surface area (Å²) in [6, 6.07) is 5.38. The predicted octanol–water partition coefficient (Wildman–Crippen LogP) is 4.07. The number of carbonyl (C=O) groups is 1. The van der Waals surface area contributed by atoms with Crippen LogP contribution in [0.1, 0.15) is 20.8 Å². The largest absolute Gasteiger partial charge is 0.379 e. The number of aryl methyl sites for hydroxylation is 1. The van der Waals surface area contributed by atoms with Crippen molar-refractivity contribution in [3.8, 4) is 0 Å². The lowest BCUT2D eigenvalue weighted by atomic mass is 10.2. The zero-order valence-corrected chi connectivity index (χ0v) is 12.5. The number of hydrogen-bond acceptors (Lipinski definition) is 3. The molecule has 0 aliphatic rings. The fraction of sp³-hybridized carbons (Fsp3) is 0.154. The maximum absolute atomic E-state index is 11.0. The standard InChI is InChI=1S/C13H12Cl2N2OS/c1-7-2-11(15)12(4-10(7)14)17-5-9-3-8(6-19-9)13(16)18/h2-4,6,17H,5H2,1H3,(H2,16,18). The molecule has 3 nitrogen and oxygen atoms in total. The number of primary amides is 1. The van der Waals surface area contributed by atoms with Crippen LogP contribution in [0.4, 0.5) is 5.69 Å². The third-order valence-electron chi connectivity index (χ3n) is 2.64. The number of hydrogen-bond donors (Lipinski definition) is 2. The van der Waals surface area contributed by atoms with Crippen molar-refractivity contribution in [2.45, 2.75) is 13.5 Å². The highest BCUT2D eigenvalue weighted by molar-refractivity contribution is 7.10. The summed E-state index contributed by atoms with van der Waals surface area (Å²) in [5.74, 6) is -0.418. The zero-order valence-electron chi connectivity index (χ0n) is 10.2. The molecule has 0 unspecified atom stereocenters. The maximum atomic E-state index is 11.0. The molecule has 0 atom stereocenters. The second kappa shape index (κ2) is 5.82. The second-order valence-corrected chi connectivity index (χ2v) is 5.91. The van der Waals surface area contributed by atoms with Gasteiger partial charge in [0.05, 0.1) is 16.3 Å². The minimum atomic E-state index is -0.418. The van der Waals surface area contributed by atoms with Gasteiger partial charge in [-0.25, -0.2) is 0 Å². The summed E-state index contributed by atoms with van der Waals surface area (Å²) in [5.41, 5.74) is 7.43. The molecular weight excluding hydrogens is 303 g/mol. The number of amides is 1. The average molecular weight is 315 g/mol. The SMILES string of the molecule is Cc1cc(Cl)c(NCc2cc(C(N)=O)cs2)cc1Cl. The molecule has 0 saturated heterocycles. The molecular formula is C13H12Cl2N2OS. The first-order valence-corrected chi connectivity index (χ1v) is 7.17. The van der Waals surface area contributed by atoms with E-state index >= 15 is 0 Å². The van der Waals surface area contributed by atoms with Crippen LogP contribution >= 0.6 is 34.5 Å². The predicted molar refractivity (Wildman–Crippen MR) is 81.4 cm³/mol. The Morgan fingerprint density at radius 2 is 2.05 bits per heavy atom. The zero-order chi connectivity index (χ0) is 14.0. The van der Waals surface area contributed by atoms with Gasteiger partial charge in [0.15, 0.2) is 0 Å². The summed E-state index contributed by atoms with van der Waals surface area (Å²) in [6.45, 7) is 2.47. The van der Waals surface area contributed by atoms with Gasteiger partial charge >= 0.3 is 0 Å². The second-order valence-electron chi connectivity index (χ2n) is 4.10. The third-order valence-corrected chi connectivity index (χ3v) is 4.30. The number of anilines is 1. The van der Waals surface area contributed by atoms with E-state index in [1.165, 1.54) is 11.3 Å². The smallest absolute Gasteiger partial charge is 0.249 e. The Balaban J connectivity index is 2.09. The number of rotatable bonds is 4. The summed E-state index contributed by atoms with van der Waals surface area (Å²) in [4.78, 5) is 12.0. The first kappa shape index (κ1) is 14.2. The maximum Gasteiger partial charge on any atom is 0.249 e. The molecule has 1 amide bonds. The number of benzene rings is 1. The van der Waals surface area contributed by atoms with Crippen LogP contribution < -0.4 is 11.1 Å². The first-order chi connectivity index (χ1) is 8.97. The lowest BCUT2D eigenvalue weighted by Crippen LogP contribution is -2.09. The van der Waals surface area contributed by atoms with Crippen LogP contribution in [0.2, 0.25) is 10.0 Å². The Morgan fingerprint density at radius 3 is 2.68 bits per heavy atom. The van der Waals surface area contributed by atoms with Gasteiger partial charge in [0.2, 0.25) is 5.91 Å². The van der Waals surface area contributed by atoms with E-state index in [4.69, 9.17) is 28.9 Å². The van der Waals surface area contributed by atoms with E-state index < -0.39 is 5.91 Å². The monoisotopic (exact) mass is 314 g/mol. The van der Waals surface area contributed by atoms with Gasteiger partial charge in [0.1, 0.15) is 0 Å². The highest BCUT2D eigenvalue weighted by Gasteiger charge is 2.07. The molecule has 3 N–H and O–H groups in total. The summed E-state index contributed by atoms with van der Waals surface area (Å²) in [6.07, 6.45) is 0. The van der Waals surface area contributed by atoms with Crippen LogP contribution in [0.5, 0.6) is 0 Å². The molecule has 0 fully saturated rings. The molecule has 100 valence electrons. The van der Waals surface area contributed by atoms with Gasteiger partial charge in [0, 0.05) is 21.8 Å². The molecule has 0 bridgehead atoms. The van der Waals surface area contributed by atoms with Crippen molar-refractivity contribution in [1.82, 2.24) is 0 Å². The van der Waals surface area contributed by atoms with Crippen molar-refractivity contribution < 1.29 is 4.79 Å². The number of carbonyl (C=O) groups excluding carboxylic acids is 1. The fourth-order valence-electron chi connectivity index (χ4n) is 1.57. The van der Waals surface area contributed by atoms with E-state index in [0.717, 1.165) is 16.1 Å². The Labute approximate surface area is 125 Å². The van der Waals surface area contributed by atoms with Crippen LogP contribution in [0.3, 0.4) is 0 Å². The minimum absolute atomic E-state index is 0.418. The summed E-state index contributed by atoms with van der Waals surface area (Å²) in [5, 5.41) is 6.21. The average Bonchev–Trinajstić information content (AvgIpc) is 2.81. The quantitative estimate of drug-likeness (QED) is 0.893. The summed E-state index contributed by atoms with van der Waals surface area (Å²) < 4.78 is 0. The van der Waals surface area contributed by atoms with Crippen molar-refractivity contribution in [2.24, 2.45) is 5.73 Å². The van der Waals surface area contributed by atoms with Gasteiger partial charge in [0.25, 0.3) is 0 Å². The number of nitrogens with two attached hydrogens (primary N) is 1. The first-order valence-electron chi connectivity index (χ1n) is 5.54. The van der Waals surface area contributed by atoms with Crippen molar-refractivity contribution in [2.75, 3.05) is 5.32 Å². The van der Waals surface area contributed by atoms with Crippen molar-refractivity contribution >= 4 is 46.1 Å². The van der Waals surface area contributed by atoms with E-state index in [1.54, 1.807) is 17.5 Å². The molecule has 2 aromatic rings. The number of nitrogens with one attached hydrogen (secondary N) is 1.